The van der Waals surface area contributed by atoms with Gasteiger partial charge in [0.05, 0.1) is 34.8 Å². The number of hydrogen-bond donors (Lipinski definition) is 1. The molecule has 1 aliphatic heterocycles. The number of thioether (sulfide) groups is 1. The number of carbonyl (C=O) groups excluding carboxylic acids is 2. The Bertz CT molecular complexity index is 1250. The van der Waals surface area contributed by atoms with Crippen LogP contribution >= 0.6 is 23.1 Å². The van der Waals surface area contributed by atoms with E-state index in [1.165, 1.54) is 28.0 Å². The Labute approximate surface area is 207 Å². The van der Waals surface area contributed by atoms with Crippen LogP contribution in [0.4, 0.5) is 22.0 Å². The number of rotatable bonds is 5. The Morgan fingerprint density at radius 2 is 2.00 bits per heavy atom. The van der Waals surface area contributed by atoms with E-state index in [4.69, 9.17) is 0 Å². The van der Waals surface area contributed by atoms with Crippen LogP contribution in [0.2, 0.25) is 0 Å². The van der Waals surface area contributed by atoms with Crippen LogP contribution in [0.1, 0.15) is 54.4 Å². The number of aromatic nitrogens is 4. The van der Waals surface area contributed by atoms with Crippen molar-refractivity contribution < 1.29 is 9.59 Å². The molecule has 0 bridgehead atoms. The van der Waals surface area contributed by atoms with Gasteiger partial charge in [-0.3, -0.25) is 19.6 Å². The van der Waals surface area contributed by atoms with Gasteiger partial charge in [-0.25, -0.2) is 19.7 Å². The summed E-state index contributed by atoms with van der Waals surface area (Å²) < 4.78 is 0. The molecule has 0 radical (unpaired) electrons. The quantitative estimate of drug-likeness (QED) is 0.401. The van der Waals surface area contributed by atoms with E-state index in [0.717, 1.165) is 16.3 Å². The van der Waals surface area contributed by atoms with Crippen LogP contribution < -0.4 is 15.1 Å². The molecule has 11 heteroatoms. The van der Waals surface area contributed by atoms with Crippen LogP contribution in [0.25, 0.3) is 0 Å². The van der Waals surface area contributed by atoms with Gasteiger partial charge in [0.25, 0.3) is 5.91 Å². The van der Waals surface area contributed by atoms with Crippen molar-refractivity contribution in [3.05, 3.63) is 45.8 Å². The molecule has 0 unspecified atom stereocenters. The second kappa shape index (κ2) is 9.30. The first-order chi connectivity index (χ1) is 16.1. The highest BCUT2D eigenvalue weighted by Gasteiger charge is 2.32. The molecule has 9 nitrogen and oxygen atoms in total. The fourth-order valence-corrected chi connectivity index (χ4v) is 4.78. The summed E-state index contributed by atoms with van der Waals surface area (Å²) in [7, 11) is 1.70. The second-order valence-electron chi connectivity index (χ2n) is 8.92. The number of nitrogens with one attached hydrogen (secondary N) is 1. The van der Waals surface area contributed by atoms with Gasteiger partial charge in [0, 0.05) is 29.6 Å². The fourth-order valence-electron chi connectivity index (χ4n) is 3.55. The average Bonchev–Trinajstić information content (AvgIpc) is 3.32. The highest BCUT2D eigenvalue weighted by Crippen LogP contribution is 2.33. The van der Waals surface area contributed by atoms with Crippen molar-refractivity contribution >= 4 is 52.2 Å². The lowest BCUT2D eigenvalue weighted by molar-refractivity contribution is 0.102. The number of carbonyl (C=O) groups is 2. The Kier molecular flexibility index (Phi) is 6.59. The smallest absolute Gasteiger partial charge is 0.319 e. The molecule has 178 valence electrons. The van der Waals surface area contributed by atoms with Gasteiger partial charge < -0.3 is 5.32 Å². The number of pyridine rings is 1. The maximum Gasteiger partial charge on any atom is 0.330 e. The molecular formula is C23H27N7O2S2. The molecule has 0 spiro atoms. The molecule has 0 saturated heterocycles. The lowest BCUT2D eigenvalue weighted by atomic mass is 9.98. The molecule has 0 saturated carbocycles. The zero-order chi connectivity index (χ0) is 24.6. The molecule has 3 amide bonds. The number of urea groups is 1. The summed E-state index contributed by atoms with van der Waals surface area (Å²) in [6.45, 7) is 8.48. The second-order valence-corrected chi connectivity index (χ2v) is 10.6. The minimum atomic E-state index is -0.311. The lowest BCUT2D eigenvalue weighted by Gasteiger charge is -2.34. The van der Waals surface area contributed by atoms with Crippen molar-refractivity contribution in [3.8, 4) is 0 Å². The van der Waals surface area contributed by atoms with Gasteiger partial charge in [-0.2, -0.15) is 0 Å². The number of hydrogen-bond acceptors (Lipinski definition) is 8. The monoisotopic (exact) mass is 497 g/mol. The topological polar surface area (TPSA) is 104 Å². The molecular weight excluding hydrogens is 470 g/mol. The van der Waals surface area contributed by atoms with Crippen molar-refractivity contribution in [1.29, 1.82) is 0 Å². The van der Waals surface area contributed by atoms with E-state index in [2.05, 4.69) is 46.0 Å². The molecule has 3 aromatic heterocycles. The first kappa shape index (κ1) is 24.1. The van der Waals surface area contributed by atoms with E-state index >= 15 is 0 Å². The summed E-state index contributed by atoms with van der Waals surface area (Å²) in [6.07, 6.45) is 5.89. The minimum absolute atomic E-state index is 0.127. The number of fused-ring (bicyclic) bond motifs is 1. The average molecular weight is 498 g/mol. The number of aryl methyl sites for hydroxylation is 1. The van der Waals surface area contributed by atoms with Crippen molar-refractivity contribution in [2.75, 3.05) is 28.4 Å². The van der Waals surface area contributed by atoms with Crippen LogP contribution in [0.3, 0.4) is 0 Å². The van der Waals surface area contributed by atoms with Gasteiger partial charge >= 0.3 is 6.03 Å². The molecule has 0 aromatic carbocycles. The molecule has 1 aliphatic rings. The number of anilines is 3. The van der Waals surface area contributed by atoms with E-state index in [-0.39, 0.29) is 17.4 Å². The maximum atomic E-state index is 13.3. The van der Waals surface area contributed by atoms with E-state index in [9.17, 15) is 9.59 Å². The fraction of sp³-hybridized carbons (Fsp3) is 0.391. The normalized spacial score (nSPS) is 13.8. The SMILES string of the molecule is CCc1ncc(NC(=O)c2csc(C(C)(C)C)n2)cc1N1Cc2cnc(SC)nc2N(C)C1=O. The van der Waals surface area contributed by atoms with Crippen LogP contribution in [-0.4, -0.2) is 45.2 Å². The third-order valence-corrected chi connectivity index (χ3v) is 7.21. The van der Waals surface area contributed by atoms with Crippen LogP contribution in [0, 0.1) is 0 Å². The standard InChI is InChI=1S/C23H27N7O2S2/c1-7-15-17(30-11-13-9-25-21(33-6)28-18(13)29(5)22(30)32)8-14(10-24-15)26-19(31)16-12-34-20(27-16)23(2,3)4/h8-10,12H,7,11H2,1-6H3,(H,26,31). The zero-order valence-electron chi connectivity index (χ0n) is 20.0. The zero-order valence-corrected chi connectivity index (χ0v) is 21.7. The molecule has 0 aliphatic carbocycles. The molecule has 34 heavy (non-hydrogen) atoms. The number of thiazole rings is 1. The predicted octanol–water partition coefficient (Wildman–Crippen LogP) is 4.74. The van der Waals surface area contributed by atoms with Crippen molar-refractivity contribution in [2.24, 2.45) is 0 Å². The van der Waals surface area contributed by atoms with Gasteiger partial charge in [-0.1, -0.05) is 39.5 Å². The third-order valence-electron chi connectivity index (χ3n) is 5.38. The van der Waals surface area contributed by atoms with E-state index in [0.29, 0.717) is 41.0 Å². The highest BCUT2D eigenvalue weighted by atomic mass is 32.2. The van der Waals surface area contributed by atoms with Gasteiger partial charge in [0.2, 0.25) is 0 Å². The summed E-state index contributed by atoms with van der Waals surface area (Å²) in [4.78, 5) is 47.1. The van der Waals surface area contributed by atoms with E-state index in [1.807, 2.05) is 13.2 Å². The molecule has 0 fully saturated rings. The molecule has 4 heterocycles. The first-order valence-electron chi connectivity index (χ1n) is 10.8. The van der Waals surface area contributed by atoms with Gasteiger partial charge in [0.15, 0.2) is 5.16 Å². The lowest BCUT2D eigenvalue weighted by Crippen LogP contribution is -2.46. The number of amides is 3. The van der Waals surface area contributed by atoms with Gasteiger partial charge in [0.1, 0.15) is 11.5 Å². The van der Waals surface area contributed by atoms with E-state index in [1.54, 1.807) is 35.8 Å². The van der Waals surface area contributed by atoms with Crippen molar-refractivity contribution in [3.63, 3.8) is 0 Å². The number of nitrogens with zero attached hydrogens (tertiary/aromatic N) is 6. The Morgan fingerprint density at radius 1 is 1.24 bits per heavy atom. The van der Waals surface area contributed by atoms with Crippen LogP contribution in [-0.2, 0) is 18.4 Å². The van der Waals surface area contributed by atoms with Gasteiger partial charge in [-0.05, 0) is 18.7 Å². The first-order valence-corrected chi connectivity index (χ1v) is 12.9. The highest BCUT2D eigenvalue weighted by molar-refractivity contribution is 7.98. The minimum Gasteiger partial charge on any atom is -0.319 e. The molecule has 3 aromatic rings. The Balaban J connectivity index is 1.63. The summed E-state index contributed by atoms with van der Waals surface area (Å²) in [5, 5.41) is 6.14. The van der Waals surface area contributed by atoms with Crippen molar-refractivity contribution in [1.82, 2.24) is 19.9 Å². The molecule has 0 atom stereocenters. The maximum absolute atomic E-state index is 13.3. The molecule has 1 N–H and O–H groups in total. The summed E-state index contributed by atoms with van der Waals surface area (Å²) in [6, 6.07) is 1.57. The summed E-state index contributed by atoms with van der Waals surface area (Å²) in [5.74, 6) is 0.295. The van der Waals surface area contributed by atoms with Crippen molar-refractivity contribution in [2.45, 2.75) is 51.2 Å². The largest absolute Gasteiger partial charge is 0.330 e. The summed E-state index contributed by atoms with van der Waals surface area (Å²) in [5.41, 5.74) is 2.98. The predicted molar refractivity (Wildman–Crippen MR) is 136 cm³/mol. The molecule has 4 rings (SSSR count). The van der Waals surface area contributed by atoms with E-state index < -0.39 is 0 Å². The third kappa shape index (κ3) is 4.62. The van der Waals surface area contributed by atoms with Crippen LogP contribution in [0.5, 0.6) is 0 Å². The van der Waals surface area contributed by atoms with Crippen LogP contribution in [0.15, 0.2) is 29.0 Å². The Hall–Kier alpha value is -3.05. The Morgan fingerprint density at radius 3 is 2.65 bits per heavy atom. The summed E-state index contributed by atoms with van der Waals surface area (Å²) >= 11 is 2.89. The van der Waals surface area contributed by atoms with Gasteiger partial charge in [-0.15, -0.1) is 11.3 Å².